The Kier molecular flexibility index (Phi) is 5.63. The molecule has 4 heteroatoms. The highest BCUT2D eigenvalue weighted by molar-refractivity contribution is 6.30. The maximum absolute atomic E-state index is 12.0. The van der Waals surface area contributed by atoms with Crippen LogP contribution in [-0.2, 0) is 11.2 Å². The number of rotatable bonds is 5. The molecule has 2 unspecified atom stereocenters. The van der Waals surface area contributed by atoms with E-state index in [-0.39, 0.29) is 17.9 Å². The Morgan fingerprint density at radius 1 is 1.33 bits per heavy atom. The molecule has 100 valence electrons. The quantitative estimate of drug-likeness (QED) is 0.891. The van der Waals surface area contributed by atoms with E-state index in [0.717, 1.165) is 11.4 Å². The van der Waals surface area contributed by atoms with Crippen molar-refractivity contribution < 1.29 is 4.79 Å². The Bertz CT molecular complexity index is 391. The number of benzene rings is 1. The van der Waals surface area contributed by atoms with Crippen molar-refractivity contribution in [2.75, 3.05) is 13.6 Å². The number of likely N-dealkylation sites (N-methyl/N-ethyl adjacent to an activating group) is 1. The summed E-state index contributed by atoms with van der Waals surface area (Å²) in [5.41, 5.74) is 6.69. The second-order valence-electron chi connectivity index (χ2n) is 4.77. The van der Waals surface area contributed by atoms with Crippen LogP contribution in [-0.4, -0.2) is 30.4 Å². The van der Waals surface area contributed by atoms with Crippen LogP contribution in [0.5, 0.6) is 0 Å². The third-order valence-corrected chi connectivity index (χ3v) is 3.48. The highest BCUT2D eigenvalue weighted by Crippen LogP contribution is 2.13. The summed E-state index contributed by atoms with van der Waals surface area (Å²) < 4.78 is 0. The van der Waals surface area contributed by atoms with Crippen molar-refractivity contribution in [1.29, 1.82) is 0 Å². The van der Waals surface area contributed by atoms with Gasteiger partial charge in [-0.05, 0) is 31.0 Å². The Hall–Kier alpha value is -1.06. The molecule has 0 radical (unpaired) electrons. The lowest BCUT2D eigenvalue weighted by Gasteiger charge is -2.27. The summed E-state index contributed by atoms with van der Waals surface area (Å²) in [5, 5.41) is 0.729. The normalized spacial score (nSPS) is 14.1. The number of amides is 1. The molecular formula is C14H21ClN2O. The molecule has 0 heterocycles. The van der Waals surface area contributed by atoms with Crippen LogP contribution in [0.25, 0.3) is 0 Å². The van der Waals surface area contributed by atoms with E-state index in [2.05, 4.69) is 0 Å². The van der Waals surface area contributed by atoms with E-state index < -0.39 is 0 Å². The first kappa shape index (κ1) is 15.0. The summed E-state index contributed by atoms with van der Waals surface area (Å²) in [6.45, 7) is 4.28. The van der Waals surface area contributed by atoms with Crippen LogP contribution in [0.3, 0.4) is 0 Å². The van der Waals surface area contributed by atoms with E-state index in [0.29, 0.717) is 6.54 Å². The van der Waals surface area contributed by atoms with Crippen LogP contribution in [0.4, 0.5) is 0 Å². The summed E-state index contributed by atoms with van der Waals surface area (Å²) in [6, 6.07) is 7.86. The minimum atomic E-state index is -0.123. The van der Waals surface area contributed by atoms with Crippen molar-refractivity contribution in [2.24, 2.45) is 11.7 Å². The zero-order valence-corrected chi connectivity index (χ0v) is 11.9. The maximum atomic E-state index is 12.0. The molecule has 0 spiro atoms. The molecule has 1 amide bonds. The van der Waals surface area contributed by atoms with Crippen molar-refractivity contribution in [3.63, 3.8) is 0 Å². The fourth-order valence-electron chi connectivity index (χ4n) is 1.76. The number of halogens is 1. The lowest BCUT2D eigenvalue weighted by molar-refractivity contribution is -0.135. The lowest BCUT2D eigenvalue weighted by atomic mass is 10.0. The molecule has 1 rings (SSSR count). The molecule has 18 heavy (non-hydrogen) atoms. The van der Waals surface area contributed by atoms with E-state index in [9.17, 15) is 4.79 Å². The Labute approximate surface area is 114 Å². The molecule has 0 aromatic heterocycles. The van der Waals surface area contributed by atoms with Crippen LogP contribution in [0.1, 0.15) is 19.4 Å². The number of carbonyl (C=O) groups is 1. The third kappa shape index (κ3) is 4.00. The van der Waals surface area contributed by atoms with Crippen molar-refractivity contribution >= 4 is 17.5 Å². The smallest absolute Gasteiger partial charge is 0.226 e. The average molecular weight is 269 g/mol. The molecule has 0 fully saturated rings. The van der Waals surface area contributed by atoms with Crippen molar-refractivity contribution in [1.82, 2.24) is 4.90 Å². The molecular weight excluding hydrogens is 248 g/mol. The second-order valence-corrected chi connectivity index (χ2v) is 5.20. The van der Waals surface area contributed by atoms with Gasteiger partial charge in [0.05, 0.1) is 0 Å². The number of hydrogen-bond acceptors (Lipinski definition) is 2. The summed E-state index contributed by atoms with van der Waals surface area (Å²) >= 11 is 5.84. The van der Waals surface area contributed by atoms with Crippen LogP contribution in [0.15, 0.2) is 24.3 Å². The Balaban J connectivity index is 2.62. The second kappa shape index (κ2) is 6.76. The predicted molar refractivity (Wildman–Crippen MR) is 75.6 cm³/mol. The first-order valence-electron chi connectivity index (χ1n) is 6.17. The van der Waals surface area contributed by atoms with E-state index in [4.69, 9.17) is 17.3 Å². The van der Waals surface area contributed by atoms with Crippen molar-refractivity contribution in [2.45, 2.75) is 26.3 Å². The van der Waals surface area contributed by atoms with E-state index in [1.54, 1.807) is 4.90 Å². The fourth-order valence-corrected chi connectivity index (χ4v) is 1.89. The van der Waals surface area contributed by atoms with Gasteiger partial charge in [0.25, 0.3) is 0 Å². The molecule has 0 aliphatic rings. The monoisotopic (exact) mass is 268 g/mol. The van der Waals surface area contributed by atoms with Gasteiger partial charge in [-0.2, -0.15) is 0 Å². The Morgan fingerprint density at radius 2 is 1.89 bits per heavy atom. The van der Waals surface area contributed by atoms with Gasteiger partial charge in [-0.3, -0.25) is 4.79 Å². The topological polar surface area (TPSA) is 46.3 Å². The van der Waals surface area contributed by atoms with E-state index in [1.165, 1.54) is 5.56 Å². The zero-order valence-electron chi connectivity index (χ0n) is 11.2. The van der Waals surface area contributed by atoms with Crippen molar-refractivity contribution in [3.05, 3.63) is 34.9 Å². The van der Waals surface area contributed by atoms with Crippen molar-refractivity contribution in [3.8, 4) is 0 Å². The van der Waals surface area contributed by atoms with Gasteiger partial charge >= 0.3 is 0 Å². The summed E-state index contributed by atoms with van der Waals surface area (Å²) in [4.78, 5) is 13.8. The summed E-state index contributed by atoms with van der Waals surface area (Å²) in [6.07, 6.45) is 0.816. The first-order chi connectivity index (χ1) is 8.45. The molecule has 2 atom stereocenters. The number of nitrogens with zero attached hydrogens (tertiary/aromatic N) is 1. The fraction of sp³-hybridized carbons (Fsp3) is 0.500. The van der Waals surface area contributed by atoms with Gasteiger partial charge in [0.2, 0.25) is 5.91 Å². The van der Waals surface area contributed by atoms with Crippen LogP contribution in [0.2, 0.25) is 5.02 Å². The van der Waals surface area contributed by atoms with E-state index >= 15 is 0 Å². The minimum Gasteiger partial charge on any atom is -0.342 e. The van der Waals surface area contributed by atoms with Gasteiger partial charge in [-0.15, -0.1) is 0 Å². The number of hydrogen-bond donors (Lipinski definition) is 1. The van der Waals surface area contributed by atoms with Crippen LogP contribution >= 0.6 is 11.6 Å². The lowest BCUT2D eigenvalue weighted by Crippen LogP contribution is -2.41. The van der Waals surface area contributed by atoms with Gasteiger partial charge in [-0.25, -0.2) is 0 Å². The Morgan fingerprint density at radius 3 is 2.39 bits per heavy atom. The molecule has 0 bridgehead atoms. The molecule has 3 nitrogen and oxygen atoms in total. The molecule has 1 aromatic carbocycles. The largest absolute Gasteiger partial charge is 0.342 e. The van der Waals surface area contributed by atoms with Crippen LogP contribution in [0, 0.1) is 5.92 Å². The van der Waals surface area contributed by atoms with Gasteiger partial charge < -0.3 is 10.6 Å². The summed E-state index contributed by atoms with van der Waals surface area (Å²) in [7, 11) is 1.83. The maximum Gasteiger partial charge on any atom is 0.226 e. The molecule has 2 N–H and O–H groups in total. The first-order valence-corrected chi connectivity index (χ1v) is 6.54. The van der Waals surface area contributed by atoms with Gasteiger partial charge in [0.1, 0.15) is 0 Å². The zero-order chi connectivity index (χ0) is 13.7. The molecule has 1 aromatic rings. The standard InChI is InChI=1S/C14H21ClN2O/c1-10(9-16)14(18)17(3)11(2)8-12-4-6-13(15)7-5-12/h4-7,10-11H,8-9,16H2,1-3H3. The molecule has 0 saturated heterocycles. The highest BCUT2D eigenvalue weighted by atomic mass is 35.5. The van der Waals surface area contributed by atoms with Crippen LogP contribution < -0.4 is 5.73 Å². The molecule has 0 saturated carbocycles. The van der Waals surface area contributed by atoms with Gasteiger partial charge in [-0.1, -0.05) is 30.7 Å². The van der Waals surface area contributed by atoms with E-state index in [1.807, 2.05) is 45.2 Å². The predicted octanol–water partition coefficient (Wildman–Crippen LogP) is 2.32. The highest BCUT2D eigenvalue weighted by Gasteiger charge is 2.20. The molecule has 0 aliphatic carbocycles. The average Bonchev–Trinajstić information content (AvgIpc) is 2.38. The van der Waals surface area contributed by atoms with Gasteiger partial charge in [0.15, 0.2) is 0 Å². The minimum absolute atomic E-state index is 0.0963. The molecule has 0 aliphatic heterocycles. The SMILES string of the molecule is CC(CN)C(=O)N(C)C(C)Cc1ccc(Cl)cc1. The van der Waals surface area contributed by atoms with Gasteiger partial charge in [0, 0.05) is 30.6 Å². The number of nitrogens with two attached hydrogens (primary N) is 1. The number of carbonyl (C=O) groups excluding carboxylic acids is 1. The third-order valence-electron chi connectivity index (χ3n) is 3.23. The summed E-state index contributed by atoms with van der Waals surface area (Å²) in [5.74, 6) is -0.0263.